The molecule has 0 unspecified atom stereocenters. The first-order valence-corrected chi connectivity index (χ1v) is 6.30. The monoisotopic (exact) mass is 251 g/mol. The summed E-state index contributed by atoms with van der Waals surface area (Å²) in [6, 6.07) is 0. The minimum absolute atomic E-state index is 0.0712. The lowest BCUT2D eigenvalue weighted by molar-refractivity contribution is 0.0823. The van der Waals surface area contributed by atoms with Gasteiger partial charge in [0.25, 0.3) is 0 Å². The number of halogens is 2. The Kier molecular flexibility index (Phi) is 5.98. The van der Waals surface area contributed by atoms with Crippen LogP contribution in [0.2, 0.25) is 0 Å². The van der Waals surface area contributed by atoms with Crippen molar-refractivity contribution in [1.82, 2.24) is 5.32 Å². The van der Waals surface area contributed by atoms with E-state index in [-0.39, 0.29) is 12.0 Å². The lowest BCUT2D eigenvalue weighted by atomic mass is 9.74. The van der Waals surface area contributed by atoms with E-state index in [4.69, 9.17) is 23.2 Å². The normalized spacial score (nSPS) is 21.7. The van der Waals surface area contributed by atoms with Gasteiger partial charge in [-0.15, -0.1) is 0 Å². The summed E-state index contributed by atoms with van der Waals surface area (Å²) in [5, 5.41) is 13.3. The molecule has 1 aliphatic rings. The molecule has 1 saturated carbocycles. The maximum Gasteiger partial charge on any atom is 0.0499 e. The number of aliphatic hydroxyl groups is 1. The number of aliphatic hydroxyl groups excluding tert-OH is 1. The minimum atomic E-state index is 0.0712. The summed E-state index contributed by atoms with van der Waals surface area (Å²) in [6.45, 7) is 1.68. The van der Waals surface area contributed by atoms with E-state index in [2.05, 4.69) is 5.32 Å². The standard InChI is InChI=1S/C11H19Cl2NO/c12-6-10(13)7-14-8-11(9-15)4-2-1-3-5-11/h6,14-15H,1-5,7-9H2. The van der Waals surface area contributed by atoms with Crippen molar-refractivity contribution in [1.29, 1.82) is 0 Å². The molecule has 4 heteroatoms. The smallest absolute Gasteiger partial charge is 0.0499 e. The summed E-state index contributed by atoms with van der Waals surface area (Å²) in [5.74, 6) is 0. The van der Waals surface area contributed by atoms with Gasteiger partial charge in [0.2, 0.25) is 0 Å². The Morgan fingerprint density at radius 3 is 2.53 bits per heavy atom. The van der Waals surface area contributed by atoms with Crippen molar-refractivity contribution in [2.24, 2.45) is 5.41 Å². The van der Waals surface area contributed by atoms with Gasteiger partial charge in [-0.2, -0.15) is 0 Å². The SMILES string of the molecule is OCC1(CNCC(Cl)=CCl)CCCCC1. The Balaban J connectivity index is 2.32. The molecule has 0 spiro atoms. The van der Waals surface area contributed by atoms with E-state index in [9.17, 15) is 5.11 Å². The molecular formula is C11H19Cl2NO. The maximum atomic E-state index is 9.45. The molecule has 0 aromatic heterocycles. The quantitative estimate of drug-likeness (QED) is 0.788. The molecule has 88 valence electrons. The topological polar surface area (TPSA) is 32.3 Å². The molecule has 0 aromatic carbocycles. The molecule has 1 aliphatic carbocycles. The highest BCUT2D eigenvalue weighted by atomic mass is 35.5. The van der Waals surface area contributed by atoms with Crippen LogP contribution in [0, 0.1) is 5.41 Å². The third-order valence-corrected chi connectivity index (χ3v) is 3.78. The summed E-state index contributed by atoms with van der Waals surface area (Å²) < 4.78 is 0. The van der Waals surface area contributed by atoms with Gasteiger partial charge < -0.3 is 10.4 Å². The van der Waals surface area contributed by atoms with Gasteiger partial charge in [-0.25, -0.2) is 0 Å². The van der Waals surface area contributed by atoms with E-state index < -0.39 is 0 Å². The number of hydrogen-bond donors (Lipinski definition) is 2. The van der Waals surface area contributed by atoms with Crippen molar-refractivity contribution in [3.63, 3.8) is 0 Å². The summed E-state index contributed by atoms with van der Waals surface area (Å²) in [5.41, 5.74) is 1.45. The molecule has 0 heterocycles. The molecule has 0 radical (unpaired) electrons. The highest BCUT2D eigenvalue weighted by Gasteiger charge is 2.30. The van der Waals surface area contributed by atoms with Crippen LogP contribution in [0.5, 0.6) is 0 Å². The first-order valence-electron chi connectivity index (χ1n) is 5.49. The first-order chi connectivity index (χ1) is 7.22. The Bertz CT molecular complexity index is 213. The number of hydrogen-bond acceptors (Lipinski definition) is 2. The molecule has 0 saturated heterocycles. The lowest BCUT2D eigenvalue weighted by Crippen LogP contribution is -2.39. The fourth-order valence-electron chi connectivity index (χ4n) is 2.18. The van der Waals surface area contributed by atoms with Gasteiger partial charge in [0.15, 0.2) is 0 Å². The second kappa shape index (κ2) is 6.74. The Morgan fingerprint density at radius 1 is 1.33 bits per heavy atom. The minimum Gasteiger partial charge on any atom is -0.396 e. The van der Waals surface area contributed by atoms with Crippen LogP contribution in [0.3, 0.4) is 0 Å². The maximum absolute atomic E-state index is 9.45. The molecule has 0 aromatic rings. The van der Waals surface area contributed by atoms with Crippen LogP contribution >= 0.6 is 23.2 Å². The predicted molar refractivity (Wildman–Crippen MR) is 65.3 cm³/mol. The Labute approximate surface area is 102 Å². The van der Waals surface area contributed by atoms with Gasteiger partial charge in [-0.3, -0.25) is 0 Å². The molecule has 15 heavy (non-hydrogen) atoms. The van der Waals surface area contributed by atoms with Crippen molar-refractivity contribution in [2.45, 2.75) is 32.1 Å². The second-order valence-corrected chi connectivity index (χ2v) is 5.08. The number of rotatable bonds is 5. The van der Waals surface area contributed by atoms with E-state index in [1.54, 1.807) is 0 Å². The highest BCUT2D eigenvalue weighted by molar-refractivity contribution is 6.36. The fourth-order valence-corrected chi connectivity index (χ4v) is 2.35. The van der Waals surface area contributed by atoms with E-state index >= 15 is 0 Å². The van der Waals surface area contributed by atoms with Crippen molar-refractivity contribution in [2.75, 3.05) is 19.7 Å². The highest BCUT2D eigenvalue weighted by Crippen LogP contribution is 2.35. The van der Waals surface area contributed by atoms with Crippen LogP contribution in [0.1, 0.15) is 32.1 Å². The summed E-state index contributed by atoms with van der Waals surface area (Å²) in [4.78, 5) is 0. The third kappa shape index (κ3) is 4.31. The van der Waals surface area contributed by atoms with Crippen molar-refractivity contribution in [3.05, 3.63) is 10.6 Å². The average Bonchev–Trinajstić information content (AvgIpc) is 2.30. The zero-order valence-electron chi connectivity index (χ0n) is 8.94. The van der Waals surface area contributed by atoms with Crippen LogP contribution in [-0.4, -0.2) is 24.8 Å². The van der Waals surface area contributed by atoms with E-state index in [1.807, 2.05) is 0 Å². The van der Waals surface area contributed by atoms with Gasteiger partial charge in [0.05, 0.1) is 0 Å². The molecule has 1 fully saturated rings. The van der Waals surface area contributed by atoms with Gasteiger partial charge in [-0.1, -0.05) is 42.5 Å². The summed E-state index contributed by atoms with van der Waals surface area (Å²) in [6.07, 6.45) is 5.96. The first kappa shape index (κ1) is 13.3. The van der Waals surface area contributed by atoms with Crippen molar-refractivity contribution >= 4 is 23.2 Å². The Hall–Kier alpha value is 0.240. The van der Waals surface area contributed by atoms with Crippen molar-refractivity contribution < 1.29 is 5.11 Å². The molecule has 0 aliphatic heterocycles. The van der Waals surface area contributed by atoms with Crippen LogP contribution in [0.25, 0.3) is 0 Å². The van der Waals surface area contributed by atoms with Crippen LogP contribution < -0.4 is 5.32 Å². The third-order valence-electron chi connectivity index (χ3n) is 3.16. The van der Waals surface area contributed by atoms with Gasteiger partial charge >= 0.3 is 0 Å². The predicted octanol–water partition coefficient (Wildman–Crippen LogP) is 2.84. The van der Waals surface area contributed by atoms with Crippen LogP contribution in [-0.2, 0) is 0 Å². The molecular weight excluding hydrogens is 233 g/mol. The van der Waals surface area contributed by atoms with E-state index in [1.165, 1.54) is 24.8 Å². The van der Waals surface area contributed by atoms with E-state index in [0.29, 0.717) is 11.6 Å². The number of nitrogens with one attached hydrogen (secondary N) is 1. The summed E-state index contributed by atoms with van der Waals surface area (Å²) in [7, 11) is 0. The molecule has 2 N–H and O–H groups in total. The fraction of sp³-hybridized carbons (Fsp3) is 0.818. The molecule has 0 atom stereocenters. The van der Waals surface area contributed by atoms with Crippen LogP contribution in [0.15, 0.2) is 10.6 Å². The zero-order valence-corrected chi connectivity index (χ0v) is 10.4. The van der Waals surface area contributed by atoms with E-state index in [0.717, 1.165) is 19.4 Å². The zero-order chi connectivity index (χ0) is 11.1. The average molecular weight is 252 g/mol. The van der Waals surface area contributed by atoms with Gasteiger partial charge in [0.1, 0.15) is 0 Å². The second-order valence-electron chi connectivity index (χ2n) is 4.38. The summed E-state index contributed by atoms with van der Waals surface area (Å²) >= 11 is 11.2. The van der Waals surface area contributed by atoms with Crippen molar-refractivity contribution in [3.8, 4) is 0 Å². The van der Waals surface area contributed by atoms with Gasteiger partial charge in [-0.05, 0) is 12.8 Å². The lowest BCUT2D eigenvalue weighted by Gasteiger charge is -2.35. The van der Waals surface area contributed by atoms with Crippen LogP contribution in [0.4, 0.5) is 0 Å². The Morgan fingerprint density at radius 2 is 2.00 bits per heavy atom. The molecule has 1 rings (SSSR count). The molecule has 0 bridgehead atoms. The largest absolute Gasteiger partial charge is 0.396 e. The molecule has 0 amide bonds. The molecule has 2 nitrogen and oxygen atoms in total. The van der Waals surface area contributed by atoms with Gasteiger partial charge in [0, 0.05) is 35.7 Å².